The number of halogens is 1. The van der Waals surface area contributed by atoms with Gasteiger partial charge in [0.25, 0.3) is 0 Å². The van der Waals surface area contributed by atoms with Gasteiger partial charge in [-0.25, -0.2) is 13.1 Å². The van der Waals surface area contributed by atoms with E-state index in [9.17, 15) is 13.5 Å². The number of ether oxygens (including phenoxy) is 1. The smallest absolute Gasteiger partial charge is 0.240 e. The third-order valence-electron chi connectivity index (χ3n) is 6.49. The number of phenols is 1. The third kappa shape index (κ3) is 4.02. The molecule has 3 N–H and O–H groups in total. The van der Waals surface area contributed by atoms with Gasteiger partial charge in [-0.1, -0.05) is 28.1 Å². The van der Waals surface area contributed by atoms with Crippen LogP contribution in [0.25, 0.3) is 0 Å². The molecule has 3 aliphatic rings. The molecule has 0 spiro atoms. The van der Waals surface area contributed by atoms with E-state index in [0.29, 0.717) is 13.2 Å². The van der Waals surface area contributed by atoms with Crippen LogP contribution in [-0.2, 0) is 14.8 Å². The number of anilines is 1. The normalized spacial score (nSPS) is 27.0. The van der Waals surface area contributed by atoms with Crippen LogP contribution in [0.3, 0.4) is 0 Å². The van der Waals surface area contributed by atoms with Gasteiger partial charge in [0.05, 0.1) is 17.0 Å². The van der Waals surface area contributed by atoms with Crippen LogP contribution >= 0.6 is 15.9 Å². The molecule has 4 atom stereocenters. The van der Waals surface area contributed by atoms with Gasteiger partial charge >= 0.3 is 0 Å². The number of fused-ring (bicyclic) bond motifs is 3. The van der Waals surface area contributed by atoms with E-state index >= 15 is 0 Å². The minimum Gasteiger partial charge on any atom is -0.508 e. The van der Waals surface area contributed by atoms with Crippen molar-refractivity contribution in [3.05, 3.63) is 64.1 Å². The summed E-state index contributed by atoms with van der Waals surface area (Å²) >= 11 is 3.50. The average Bonchev–Trinajstić information content (AvgIpc) is 3.45. The van der Waals surface area contributed by atoms with Crippen LogP contribution in [0.5, 0.6) is 5.75 Å². The van der Waals surface area contributed by atoms with Crippen LogP contribution in [0.4, 0.5) is 5.69 Å². The number of aromatic hydroxyl groups is 1. The van der Waals surface area contributed by atoms with Crippen LogP contribution < -0.4 is 10.0 Å². The van der Waals surface area contributed by atoms with Gasteiger partial charge in [-0.15, -0.1) is 0 Å². The van der Waals surface area contributed by atoms with E-state index in [0.717, 1.165) is 40.5 Å². The molecule has 2 aromatic carbocycles. The largest absolute Gasteiger partial charge is 0.508 e. The van der Waals surface area contributed by atoms with Gasteiger partial charge in [-0.2, -0.15) is 0 Å². The molecular weight excluding hydrogens is 480 g/mol. The molecule has 2 aromatic rings. The first-order chi connectivity index (χ1) is 14.9. The van der Waals surface area contributed by atoms with Crippen molar-refractivity contribution in [2.45, 2.75) is 42.2 Å². The number of phenolic OH excluding ortho intramolecular Hbond substituents is 1. The Hall–Kier alpha value is -1.87. The first-order valence-electron chi connectivity index (χ1n) is 10.6. The van der Waals surface area contributed by atoms with Gasteiger partial charge in [-0.05, 0) is 67.1 Å². The lowest BCUT2D eigenvalue weighted by Gasteiger charge is -2.38. The van der Waals surface area contributed by atoms with E-state index in [2.05, 4.69) is 38.1 Å². The summed E-state index contributed by atoms with van der Waals surface area (Å²) < 4.78 is 34.9. The molecule has 5 rings (SSSR count). The van der Waals surface area contributed by atoms with E-state index in [4.69, 9.17) is 4.74 Å². The Kier molecular flexibility index (Phi) is 5.58. The average molecular weight is 505 g/mol. The van der Waals surface area contributed by atoms with Crippen molar-refractivity contribution in [2.75, 3.05) is 18.5 Å². The molecule has 0 saturated carbocycles. The van der Waals surface area contributed by atoms with Gasteiger partial charge in [0.15, 0.2) is 0 Å². The van der Waals surface area contributed by atoms with Crippen molar-refractivity contribution >= 4 is 31.6 Å². The molecule has 2 aliphatic heterocycles. The van der Waals surface area contributed by atoms with Crippen LogP contribution in [-0.4, -0.2) is 32.8 Å². The highest BCUT2D eigenvalue weighted by Gasteiger charge is 2.39. The third-order valence-corrected chi connectivity index (χ3v) is 8.41. The fourth-order valence-electron chi connectivity index (χ4n) is 4.91. The lowest BCUT2D eigenvalue weighted by molar-refractivity contribution is 0.114. The molecule has 1 aliphatic carbocycles. The predicted octanol–water partition coefficient (Wildman–Crippen LogP) is 4.44. The molecule has 0 radical (unpaired) electrons. The van der Waals surface area contributed by atoms with Crippen LogP contribution in [0.1, 0.15) is 42.3 Å². The maximum Gasteiger partial charge on any atom is 0.240 e. The SMILES string of the molecule is O=S(=O)(NCC1CCCO1)c1ccc2c(c1)C1C=CCC1C(c1cc(Br)ccc1O)N2. The number of benzene rings is 2. The molecule has 0 bridgehead atoms. The van der Waals surface area contributed by atoms with Crippen molar-refractivity contribution < 1.29 is 18.3 Å². The van der Waals surface area contributed by atoms with Crippen molar-refractivity contribution in [3.63, 3.8) is 0 Å². The number of rotatable bonds is 5. The summed E-state index contributed by atoms with van der Waals surface area (Å²) in [5.74, 6) is 0.547. The molecule has 1 fully saturated rings. The van der Waals surface area contributed by atoms with Crippen LogP contribution in [0, 0.1) is 5.92 Å². The van der Waals surface area contributed by atoms with Gasteiger partial charge in [0, 0.05) is 34.8 Å². The van der Waals surface area contributed by atoms with Crippen molar-refractivity contribution in [1.29, 1.82) is 0 Å². The topological polar surface area (TPSA) is 87.7 Å². The van der Waals surface area contributed by atoms with Crippen LogP contribution in [0.15, 0.2) is 57.9 Å². The highest BCUT2D eigenvalue weighted by molar-refractivity contribution is 9.10. The number of sulfonamides is 1. The highest BCUT2D eigenvalue weighted by atomic mass is 79.9. The maximum atomic E-state index is 12.9. The van der Waals surface area contributed by atoms with Gasteiger partial charge < -0.3 is 15.2 Å². The first kappa shape index (κ1) is 21.0. The predicted molar refractivity (Wildman–Crippen MR) is 123 cm³/mol. The zero-order chi connectivity index (χ0) is 21.6. The van der Waals surface area contributed by atoms with E-state index in [1.165, 1.54) is 0 Å². The quantitative estimate of drug-likeness (QED) is 0.524. The molecule has 31 heavy (non-hydrogen) atoms. The lowest BCUT2D eigenvalue weighted by Crippen LogP contribution is -2.32. The molecule has 0 aromatic heterocycles. The van der Waals surface area contributed by atoms with Gasteiger partial charge in [0.1, 0.15) is 5.75 Å². The Morgan fingerprint density at radius 3 is 2.87 bits per heavy atom. The number of nitrogens with one attached hydrogen (secondary N) is 2. The monoisotopic (exact) mass is 504 g/mol. The fourth-order valence-corrected chi connectivity index (χ4v) is 6.39. The minimum atomic E-state index is -3.62. The van der Waals surface area contributed by atoms with Crippen molar-refractivity contribution in [3.8, 4) is 5.75 Å². The van der Waals surface area contributed by atoms with E-state index in [-0.39, 0.29) is 34.6 Å². The fraction of sp³-hybridized carbons (Fsp3) is 0.391. The molecule has 2 heterocycles. The molecule has 8 heteroatoms. The zero-order valence-corrected chi connectivity index (χ0v) is 19.3. The van der Waals surface area contributed by atoms with Crippen molar-refractivity contribution in [1.82, 2.24) is 4.72 Å². The van der Waals surface area contributed by atoms with E-state index in [1.54, 1.807) is 18.2 Å². The zero-order valence-electron chi connectivity index (χ0n) is 16.9. The van der Waals surface area contributed by atoms with Crippen LogP contribution in [0.2, 0.25) is 0 Å². The Morgan fingerprint density at radius 2 is 2.06 bits per heavy atom. The Bertz CT molecular complexity index is 1130. The lowest BCUT2D eigenvalue weighted by atomic mass is 9.77. The Balaban J connectivity index is 1.45. The second kappa shape index (κ2) is 8.24. The summed E-state index contributed by atoms with van der Waals surface area (Å²) in [6.07, 6.45) is 6.97. The summed E-state index contributed by atoms with van der Waals surface area (Å²) in [5, 5.41) is 14.0. The second-order valence-electron chi connectivity index (χ2n) is 8.41. The molecule has 4 unspecified atom stereocenters. The summed E-state index contributed by atoms with van der Waals surface area (Å²) in [6, 6.07) is 10.7. The Morgan fingerprint density at radius 1 is 1.19 bits per heavy atom. The standard InChI is InChI=1S/C23H25BrN2O4S/c24-14-6-9-22(27)20(11-14)23-18-5-1-4-17(18)19-12-16(7-8-21(19)26-23)31(28,29)25-13-15-3-2-10-30-15/h1,4,6-9,11-12,15,17-18,23,25-27H,2-3,5,10,13H2. The summed E-state index contributed by atoms with van der Waals surface area (Å²) in [5.41, 5.74) is 2.72. The van der Waals surface area contributed by atoms with Gasteiger partial charge in [0.2, 0.25) is 10.0 Å². The number of allylic oxidation sites excluding steroid dienone is 2. The molecule has 164 valence electrons. The second-order valence-corrected chi connectivity index (χ2v) is 11.1. The minimum absolute atomic E-state index is 0.0464. The van der Waals surface area contributed by atoms with Crippen molar-refractivity contribution in [2.24, 2.45) is 5.92 Å². The molecular formula is C23H25BrN2O4S. The van der Waals surface area contributed by atoms with E-state index < -0.39 is 10.0 Å². The highest BCUT2D eigenvalue weighted by Crippen LogP contribution is 2.51. The number of hydrogen-bond acceptors (Lipinski definition) is 5. The number of hydrogen-bond donors (Lipinski definition) is 3. The maximum absolute atomic E-state index is 12.9. The summed E-state index contributed by atoms with van der Waals surface area (Å²) in [7, 11) is -3.62. The Labute approximate surface area is 190 Å². The molecule has 6 nitrogen and oxygen atoms in total. The van der Waals surface area contributed by atoms with E-state index in [1.807, 2.05) is 18.2 Å². The first-order valence-corrected chi connectivity index (χ1v) is 12.9. The summed E-state index contributed by atoms with van der Waals surface area (Å²) in [6.45, 7) is 0.995. The molecule has 1 saturated heterocycles. The molecule has 0 amide bonds. The van der Waals surface area contributed by atoms with Gasteiger partial charge in [-0.3, -0.25) is 0 Å². The summed E-state index contributed by atoms with van der Waals surface area (Å²) in [4.78, 5) is 0.272.